The molecule has 1 aliphatic rings. The third-order valence-electron chi connectivity index (χ3n) is 5.11. The molecule has 6 nitrogen and oxygen atoms in total. The quantitative estimate of drug-likeness (QED) is 0.655. The van der Waals surface area contributed by atoms with E-state index in [2.05, 4.69) is 37.1 Å². The number of amides is 1. The van der Waals surface area contributed by atoms with Gasteiger partial charge >= 0.3 is 6.09 Å². The number of benzene rings is 2. The second-order valence-corrected chi connectivity index (χ2v) is 13.6. The van der Waals surface area contributed by atoms with Crippen LogP contribution in [0.3, 0.4) is 0 Å². The Bertz CT molecular complexity index is 870. The van der Waals surface area contributed by atoms with Gasteiger partial charge in [-0.3, -0.25) is 4.79 Å². The van der Waals surface area contributed by atoms with Gasteiger partial charge < -0.3 is 19.5 Å². The minimum absolute atomic E-state index is 0.109. The second-order valence-electron chi connectivity index (χ2n) is 8.51. The van der Waals surface area contributed by atoms with Crippen molar-refractivity contribution in [2.75, 3.05) is 20.3 Å². The van der Waals surface area contributed by atoms with Crippen LogP contribution in [0.25, 0.3) is 0 Å². The maximum Gasteiger partial charge on any atom is 0.408 e. The van der Waals surface area contributed by atoms with Crippen LogP contribution in [0.4, 0.5) is 4.79 Å². The maximum atomic E-state index is 13.1. The number of hydrogen-bond donors (Lipinski definition) is 1. The predicted octanol–water partition coefficient (Wildman–Crippen LogP) is 3.22. The van der Waals surface area contributed by atoms with Gasteiger partial charge in [-0.1, -0.05) is 61.2 Å². The van der Waals surface area contributed by atoms with Gasteiger partial charge in [0.25, 0.3) is 0 Å². The molecule has 0 aromatic heterocycles. The van der Waals surface area contributed by atoms with E-state index >= 15 is 0 Å². The number of methoxy groups -OCH3 is 1. The molecule has 1 N–H and O–H groups in total. The van der Waals surface area contributed by atoms with E-state index in [9.17, 15) is 9.59 Å². The first-order chi connectivity index (χ1) is 14.3. The number of hydrogen-bond acceptors (Lipinski definition) is 5. The lowest BCUT2D eigenvalue weighted by Gasteiger charge is -2.27. The Labute approximate surface area is 178 Å². The zero-order valence-corrected chi connectivity index (χ0v) is 18.9. The molecule has 7 heteroatoms. The van der Waals surface area contributed by atoms with Gasteiger partial charge in [0.05, 0.1) is 28.4 Å². The fraction of sp³-hybridized carbons (Fsp3) is 0.391. The van der Waals surface area contributed by atoms with Crippen molar-refractivity contribution in [3.8, 4) is 5.75 Å². The van der Waals surface area contributed by atoms with E-state index in [4.69, 9.17) is 14.2 Å². The first-order valence-electron chi connectivity index (χ1n) is 10.1. The maximum absolute atomic E-state index is 13.1. The van der Waals surface area contributed by atoms with Crippen molar-refractivity contribution in [1.82, 2.24) is 5.32 Å². The number of Topliss-reactive ketones (excluding diaryl/α,β-unsaturated/α-hetero) is 1. The largest absolute Gasteiger partial charge is 0.497 e. The SMILES string of the molecule is COc1ccc(C(NC(=O)OC2COC2)C(=O)Cc2ccc([Si](C)(C)C)cc2)cc1. The third-order valence-corrected chi connectivity index (χ3v) is 7.18. The van der Waals surface area contributed by atoms with Crippen LogP contribution >= 0.6 is 0 Å². The van der Waals surface area contributed by atoms with Crippen LogP contribution in [0.15, 0.2) is 48.5 Å². The van der Waals surface area contributed by atoms with Gasteiger partial charge in [0, 0.05) is 6.42 Å². The summed E-state index contributed by atoms with van der Waals surface area (Å²) < 4.78 is 15.5. The average Bonchev–Trinajstić information content (AvgIpc) is 2.69. The zero-order valence-electron chi connectivity index (χ0n) is 17.9. The molecule has 1 amide bonds. The Balaban J connectivity index is 1.75. The number of carbonyl (C=O) groups excluding carboxylic acids is 2. The first kappa shape index (κ1) is 22.1. The van der Waals surface area contributed by atoms with E-state index in [-0.39, 0.29) is 18.3 Å². The van der Waals surface area contributed by atoms with E-state index < -0.39 is 20.2 Å². The molecular weight excluding hydrogens is 398 g/mol. The summed E-state index contributed by atoms with van der Waals surface area (Å²) in [7, 11) is 0.185. The number of nitrogens with one attached hydrogen (secondary N) is 1. The molecule has 1 unspecified atom stereocenters. The number of ether oxygens (including phenoxy) is 3. The third kappa shape index (κ3) is 5.70. The smallest absolute Gasteiger partial charge is 0.408 e. The van der Waals surface area contributed by atoms with Crippen molar-refractivity contribution >= 4 is 25.1 Å². The van der Waals surface area contributed by atoms with Crippen molar-refractivity contribution < 1.29 is 23.8 Å². The average molecular weight is 428 g/mol. The van der Waals surface area contributed by atoms with Crippen molar-refractivity contribution in [2.45, 2.75) is 38.2 Å². The molecule has 0 radical (unpaired) electrons. The van der Waals surface area contributed by atoms with Gasteiger partial charge in [0.15, 0.2) is 11.9 Å². The number of rotatable bonds is 8. The van der Waals surface area contributed by atoms with Crippen molar-refractivity contribution in [2.24, 2.45) is 0 Å². The molecule has 0 aliphatic carbocycles. The van der Waals surface area contributed by atoms with Crippen LogP contribution in [0.5, 0.6) is 5.75 Å². The van der Waals surface area contributed by atoms with Crippen molar-refractivity contribution in [1.29, 1.82) is 0 Å². The molecule has 2 aromatic carbocycles. The Morgan fingerprint density at radius 2 is 1.70 bits per heavy atom. The lowest BCUT2D eigenvalue weighted by molar-refractivity contribution is -0.121. The zero-order chi connectivity index (χ0) is 21.7. The van der Waals surface area contributed by atoms with Crippen LogP contribution < -0.4 is 15.2 Å². The summed E-state index contributed by atoms with van der Waals surface area (Å²) in [5.74, 6) is 0.573. The molecule has 2 aromatic rings. The normalized spacial score (nSPS) is 15.1. The van der Waals surface area contributed by atoms with Crippen LogP contribution in [0, 0.1) is 0 Å². The van der Waals surface area contributed by atoms with Gasteiger partial charge in [-0.2, -0.15) is 0 Å². The minimum Gasteiger partial charge on any atom is -0.497 e. The Morgan fingerprint density at radius 3 is 2.20 bits per heavy atom. The highest BCUT2D eigenvalue weighted by molar-refractivity contribution is 6.88. The Kier molecular flexibility index (Phi) is 6.94. The summed E-state index contributed by atoms with van der Waals surface area (Å²) in [6.07, 6.45) is -0.660. The summed E-state index contributed by atoms with van der Waals surface area (Å²) in [4.78, 5) is 25.4. The molecule has 0 bridgehead atoms. The van der Waals surface area contributed by atoms with Crippen LogP contribution in [0.2, 0.25) is 19.6 Å². The summed E-state index contributed by atoms with van der Waals surface area (Å²) >= 11 is 0. The van der Waals surface area contributed by atoms with E-state index in [1.54, 1.807) is 31.4 Å². The standard InChI is InChI=1S/C23H29NO5Si/c1-27-18-9-7-17(8-10-18)22(24-23(26)29-19-14-28-15-19)21(25)13-16-5-11-20(12-6-16)30(2,3)4/h5-12,19,22H,13-15H2,1-4H3,(H,24,26). The molecule has 3 rings (SSSR count). The van der Waals surface area contributed by atoms with E-state index in [1.165, 1.54) is 5.19 Å². The number of alkyl carbamates (subject to hydrolysis) is 1. The van der Waals surface area contributed by atoms with E-state index in [0.717, 1.165) is 5.56 Å². The van der Waals surface area contributed by atoms with Gasteiger partial charge in [-0.15, -0.1) is 0 Å². The summed E-state index contributed by atoms with van der Waals surface area (Å²) in [6.45, 7) is 7.64. The molecule has 1 fully saturated rings. The highest BCUT2D eigenvalue weighted by Crippen LogP contribution is 2.21. The highest BCUT2D eigenvalue weighted by Gasteiger charge is 2.27. The highest BCUT2D eigenvalue weighted by atomic mass is 28.3. The van der Waals surface area contributed by atoms with Gasteiger partial charge in [0.1, 0.15) is 11.8 Å². The number of carbonyl (C=O) groups is 2. The Morgan fingerprint density at radius 1 is 1.07 bits per heavy atom. The number of ketones is 1. The van der Waals surface area contributed by atoms with Gasteiger partial charge in [-0.05, 0) is 23.3 Å². The molecule has 30 heavy (non-hydrogen) atoms. The molecule has 0 spiro atoms. The fourth-order valence-corrected chi connectivity index (χ4v) is 4.32. The monoisotopic (exact) mass is 427 g/mol. The van der Waals surface area contributed by atoms with E-state index in [0.29, 0.717) is 24.5 Å². The molecule has 160 valence electrons. The molecule has 1 aliphatic heterocycles. The Hall–Kier alpha value is -2.64. The summed E-state index contributed by atoms with van der Waals surface area (Å²) in [5, 5.41) is 4.07. The van der Waals surface area contributed by atoms with Crippen molar-refractivity contribution in [3.05, 3.63) is 59.7 Å². The van der Waals surface area contributed by atoms with Crippen LogP contribution in [-0.4, -0.2) is 46.4 Å². The van der Waals surface area contributed by atoms with Gasteiger partial charge in [0.2, 0.25) is 0 Å². The van der Waals surface area contributed by atoms with Gasteiger partial charge in [-0.25, -0.2) is 4.79 Å². The lowest BCUT2D eigenvalue weighted by atomic mass is 9.97. The van der Waals surface area contributed by atoms with Crippen LogP contribution in [-0.2, 0) is 20.7 Å². The second kappa shape index (κ2) is 9.45. The minimum atomic E-state index is -1.40. The molecule has 0 saturated carbocycles. The fourth-order valence-electron chi connectivity index (χ4n) is 3.16. The predicted molar refractivity (Wildman–Crippen MR) is 118 cm³/mol. The molecule has 1 atom stereocenters. The first-order valence-corrected chi connectivity index (χ1v) is 13.6. The molecule has 1 heterocycles. The topological polar surface area (TPSA) is 73.9 Å². The van der Waals surface area contributed by atoms with Crippen LogP contribution in [0.1, 0.15) is 17.2 Å². The van der Waals surface area contributed by atoms with Crippen molar-refractivity contribution in [3.63, 3.8) is 0 Å². The molecule has 1 saturated heterocycles. The molecular formula is C23H29NO5Si. The summed E-state index contributed by atoms with van der Waals surface area (Å²) in [6, 6.07) is 14.5. The van der Waals surface area contributed by atoms with E-state index in [1.807, 2.05) is 12.1 Å². The summed E-state index contributed by atoms with van der Waals surface area (Å²) in [5.41, 5.74) is 1.60. The lowest BCUT2D eigenvalue weighted by Crippen LogP contribution is -2.43.